The monoisotopic (exact) mass is 318 g/mol. The van der Waals surface area contributed by atoms with Crippen molar-refractivity contribution in [2.45, 2.75) is 77.9 Å². The molecule has 0 aromatic rings. The Morgan fingerprint density at radius 1 is 1.00 bits per heavy atom. The highest BCUT2D eigenvalue weighted by atomic mass is 16.3. The molecule has 2 N–H and O–H groups in total. The van der Waals surface area contributed by atoms with Crippen LogP contribution in [-0.4, -0.2) is 22.4 Å². The van der Waals surface area contributed by atoms with Gasteiger partial charge in [0.05, 0.1) is 12.2 Å². The third-order valence-corrected chi connectivity index (χ3v) is 6.90. The smallest absolute Gasteiger partial charge is 0.0627 e. The van der Waals surface area contributed by atoms with Gasteiger partial charge in [0.15, 0.2) is 0 Å². The molecule has 2 heteroatoms. The minimum absolute atomic E-state index is 0.000459. The van der Waals surface area contributed by atoms with Crippen LogP contribution in [0.25, 0.3) is 0 Å². The molecular formula is C21H34O2. The standard InChI is InChI=1S/C21H34O2/c1-13(2)17-9-10-18-16(5-4-6-19(17)18)8-7-15-11-20(22)14(3)21(23)12-15/h7-8,13-14,17-23H,4-6,9-12H2,1-3H3/b15-7?,16-8+/t14?,17-,18+,19-,20-,21-/m1/s1. The maximum atomic E-state index is 10.1. The van der Waals surface area contributed by atoms with Crippen LogP contribution in [0.1, 0.15) is 65.7 Å². The lowest BCUT2D eigenvalue weighted by atomic mass is 9.72. The van der Waals surface area contributed by atoms with Gasteiger partial charge in [0.1, 0.15) is 0 Å². The molecule has 0 heterocycles. The van der Waals surface area contributed by atoms with Crippen LogP contribution in [0.5, 0.6) is 0 Å². The highest BCUT2D eigenvalue weighted by Crippen LogP contribution is 2.50. The molecule has 0 amide bonds. The summed E-state index contributed by atoms with van der Waals surface area (Å²) in [4.78, 5) is 0. The van der Waals surface area contributed by atoms with Crippen molar-refractivity contribution >= 4 is 0 Å². The van der Waals surface area contributed by atoms with Crippen LogP contribution in [0.2, 0.25) is 0 Å². The molecule has 0 aromatic carbocycles. The number of fused-ring (bicyclic) bond motifs is 1. The Bertz CT molecular complexity index is 462. The summed E-state index contributed by atoms with van der Waals surface area (Å²) in [5, 5.41) is 20.2. The predicted molar refractivity (Wildman–Crippen MR) is 95.0 cm³/mol. The van der Waals surface area contributed by atoms with Gasteiger partial charge >= 0.3 is 0 Å². The van der Waals surface area contributed by atoms with Gasteiger partial charge in [0, 0.05) is 5.92 Å². The lowest BCUT2D eigenvalue weighted by Crippen LogP contribution is -2.34. The molecule has 3 fully saturated rings. The SMILES string of the molecule is CC1[C@H](O)CC(=C/C=C2\CCC[C@@H]3[C@@H](C(C)C)CC[C@@H]23)C[C@H]1O. The lowest BCUT2D eigenvalue weighted by Gasteiger charge is -2.33. The maximum Gasteiger partial charge on any atom is 0.0627 e. The molecule has 2 nitrogen and oxygen atoms in total. The molecule has 3 aliphatic rings. The van der Waals surface area contributed by atoms with E-state index in [9.17, 15) is 10.2 Å². The van der Waals surface area contributed by atoms with Gasteiger partial charge in [-0.2, -0.15) is 0 Å². The summed E-state index contributed by atoms with van der Waals surface area (Å²) in [6.45, 7) is 6.72. The van der Waals surface area contributed by atoms with Crippen molar-refractivity contribution in [2.24, 2.45) is 29.6 Å². The molecule has 5 atom stereocenters. The van der Waals surface area contributed by atoms with Gasteiger partial charge in [-0.25, -0.2) is 0 Å². The molecule has 130 valence electrons. The molecule has 3 aliphatic carbocycles. The van der Waals surface area contributed by atoms with Gasteiger partial charge in [0.2, 0.25) is 0 Å². The first-order chi connectivity index (χ1) is 11.0. The zero-order valence-corrected chi connectivity index (χ0v) is 15.0. The molecule has 3 saturated carbocycles. The Morgan fingerprint density at radius 2 is 1.70 bits per heavy atom. The highest BCUT2D eigenvalue weighted by Gasteiger charge is 2.40. The molecule has 0 aliphatic heterocycles. The Hall–Kier alpha value is -0.600. The van der Waals surface area contributed by atoms with E-state index in [1.54, 1.807) is 5.57 Å². The Kier molecular flexibility index (Phi) is 5.32. The fourth-order valence-electron chi connectivity index (χ4n) is 5.35. The molecule has 0 radical (unpaired) electrons. The molecule has 23 heavy (non-hydrogen) atoms. The van der Waals surface area contributed by atoms with Crippen molar-refractivity contribution in [1.29, 1.82) is 0 Å². The second-order valence-electron chi connectivity index (χ2n) is 8.62. The summed E-state index contributed by atoms with van der Waals surface area (Å²) in [7, 11) is 0. The summed E-state index contributed by atoms with van der Waals surface area (Å²) in [5.74, 6) is 3.42. The number of allylic oxidation sites excluding steroid dienone is 3. The van der Waals surface area contributed by atoms with Crippen LogP contribution in [0.15, 0.2) is 23.3 Å². The van der Waals surface area contributed by atoms with Crippen molar-refractivity contribution in [1.82, 2.24) is 0 Å². The maximum absolute atomic E-state index is 10.1. The number of rotatable bonds is 2. The lowest BCUT2D eigenvalue weighted by molar-refractivity contribution is 0.00407. The van der Waals surface area contributed by atoms with Gasteiger partial charge in [-0.3, -0.25) is 0 Å². The number of aliphatic hydroxyl groups is 2. The van der Waals surface area contributed by atoms with E-state index in [0.717, 1.165) is 36.5 Å². The van der Waals surface area contributed by atoms with Crippen LogP contribution >= 0.6 is 0 Å². The molecular weight excluding hydrogens is 284 g/mol. The first kappa shape index (κ1) is 17.2. The minimum Gasteiger partial charge on any atom is -0.392 e. The third-order valence-electron chi connectivity index (χ3n) is 6.90. The van der Waals surface area contributed by atoms with Crippen molar-refractivity contribution in [3.8, 4) is 0 Å². The number of hydrogen-bond acceptors (Lipinski definition) is 2. The largest absolute Gasteiger partial charge is 0.392 e. The fraction of sp³-hybridized carbons (Fsp3) is 0.810. The van der Waals surface area contributed by atoms with E-state index in [1.165, 1.54) is 37.7 Å². The highest BCUT2D eigenvalue weighted by molar-refractivity contribution is 5.24. The molecule has 0 unspecified atom stereocenters. The van der Waals surface area contributed by atoms with Crippen molar-refractivity contribution in [3.05, 3.63) is 23.3 Å². The minimum atomic E-state index is -0.390. The van der Waals surface area contributed by atoms with Crippen molar-refractivity contribution in [2.75, 3.05) is 0 Å². The summed E-state index contributed by atoms with van der Waals surface area (Å²) >= 11 is 0. The summed E-state index contributed by atoms with van der Waals surface area (Å²) in [6, 6.07) is 0. The molecule has 0 saturated heterocycles. The van der Waals surface area contributed by atoms with Gasteiger partial charge in [-0.1, -0.05) is 44.1 Å². The van der Waals surface area contributed by atoms with Crippen LogP contribution < -0.4 is 0 Å². The van der Waals surface area contributed by atoms with Crippen molar-refractivity contribution in [3.63, 3.8) is 0 Å². The van der Waals surface area contributed by atoms with Crippen LogP contribution in [0.3, 0.4) is 0 Å². The zero-order chi connectivity index (χ0) is 16.6. The van der Waals surface area contributed by atoms with Crippen LogP contribution in [0.4, 0.5) is 0 Å². The van der Waals surface area contributed by atoms with Gasteiger partial charge in [-0.05, 0) is 68.6 Å². The van der Waals surface area contributed by atoms with Gasteiger partial charge in [-0.15, -0.1) is 0 Å². The molecule has 0 spiro atoms. The second-order valence-corrected chi connectivity index (χ2v) is 8.62. The van der Waals surface area contributed by atoms with E-state index in [1.807, 2.05) is 6.92 Å². The van der Waals surface area contributed by atoms with Crippen molar-refractivity contribution < 1.29 is 10.2 Å². The summed E-state index contributed by atoms with van der Waals surface area (Å²) in [6.07, 6.45) is 12.0. The third kappa shape index (κ3) is 3.58. The topological polar surface area (TPSA) is 40.5 Å². The average Bonchev–Trinajstić information content (AvgIpc) is 2.95. The Morgan fingerprint density at radius 3 is 2.35 bits per heavy atom. The van der Waals surface area contributed by atoms with E-state index in [-0.39, 0.29) is 18.1 Å². The average molecular weight is 319 g/mol. The predicted octanol–water partition coefficient (Wildman–Crippen LogP) is 4.47. The first-order valence-corrected chi connectivity index (χ1v) is 9.72. The molecule has 3 rings (SSSR count). The molecule has 0 bridgehead atoms. The Labute approximate surface area is 141 Å². The normalized spacial score (nSPS) is 43.0. The van der Waals surface area contributed by atoms with E-state index < -0.39 is 0 Å². The quantitative estimate of drug-likeness (QED) is 0.788. The molecule has 0 aromatic heterocycles. The number of hydrogen-bond donors (Lipinski definition) is 2. The Balaban J connectivity index is 1.71. The second kappa shape index (κ2) is 7.11. The van der Waals surface area contributed by atoms with E-state index in [0.29, 0.717) is 0 Å². The van der Waals surface area contributed by atoms with E-state index in [4.69, 9.17) is 0 Å². The van der Waals surface area contributed by atoms with E-state index >= 15 is 0 Å². The summed E-state index contributed by atoms with van der Waals surface area (Å²) < 4.78 is 0. The first-order valence-electron chi connectivity index (χ1n) is 9.72. The van der Waals surface area contributed by atoms with Gasteiger partial charge in [0.25, 0.3) is 0 Å². The van der Waals surface area contributed by atoms with E-state index in [2.05, 4.69) is 26.0 Å². The summed E-state index contributed by atoms with van der Waals surface area (Å²) in [5.41, 5.74) is 2.86. The van der Waals surface area contributed by atoms with Crippen LogP contribution in [0, 0.1) is 29.6 Å². The van der Waals surface area contributed by atoms with Gasteiger partial charge < -0.3 is 10.2 Å². The fourth-order valence-corrected chi connectivity index (χ4v) is 5.35. The van der Waals surface area contributed by atoms with Crippen LogP contribution in [-0.2, 0) is 0 Å². The number of aliphatic hydroxyl groups excluding tert-OH is 2. The zero-order valence-electron chi connectivity index (χ0n) is 15.0.